The van der Waals surface area contributed by atoms with Crippen LogP contribution in [0.1, 0.15) is 25.7 Å². The van der Waals surface area contributed by atoms with Crippen LogP contribution in [-0.4, -0.2) is 26.0 Å². The predicted octanol–water partition coefficient (Wildman–Crippen LogP) is 4.64. The van der Waals surface area contributed by atoms with Crippen molar-refractivity contribution in [2.24, 2.45) is 0 Å². The summed E-state index contributed by atoms with van der Waals surface area (Å²) >= 11 is 8.06. The summed E-state index contributed by atoms with van der Waals surface area (Å²) in [5.74, 6) is 3.52. The van der Waals surface area contributed by atoms with Crippen LogP contribution < -0.4 is 0 Å². The van der Waals surface area contributed by atoms with Crippen LogP contribution in [0.25, 0.3) is 21.9 Å². The second-order valence-corrected chi connectivity index (χ2v) is 6.64. The van der Waals surface area contributed by atoms with E-state index < -0.39 is 0 Å². The van der Waals surface area contributed by atoms with Crippen molar-refractivity contribution in [2.75, 3.05) is 11.5 Å². The van der Waals surface area contributed by atoms with E-state index in [4.69, 9.17) is 11.6 Å². The molecule has 0 fully saturated rings. The van der Waals surface area contributed by atoms with Crippen LogP contribution in [0.5, 0.6) is 0 Å². The first-order chi connectivity index (χ1) is 10.3. The molecule has 3 rings (SSSR count). The van der Waals surface area contributed by atoms with Crippen molar-refractivity contribution in [3.05, 3.63) is 36.3 Å². The van der Waals surface area contributed by atoms with Gasteiger partial charge in [-0.25, -0.2) is 4.98 Å². The summed E-state index contributed by atoms with van der Waals surface area (Å²) < 4.78 is 2.29. The molecule has 0 spiro atoms. The molecular weight excluding hydrogens is 302 g/mol. The number of fused-ring (bicyclic) bond motifs is 3. The molecule has 1 aromatic carbocycles. The van der Waals surface area contributed by atoms with Crippen molar-refractivity contribution in [3.8, 4) is 0 Å². The van der Waals surface area contributed by atoms with Crippen LogP contribution in [0.4, 0.5) is 0 Å². The molecule has 5 heteroatoms. The molecule has 3 nitrogen and oxygen atoms in total. The van der Waals surface area contributed by atoms with E-state index in [1.165, 1.54) is 0 Å². The van der Waals surface area contributed by atoms with Gasteiger partial charge in [0.25, 0.3) is 0 Å². The maximum absolute atomic E-state index is 6.12. The van der Waals surface area contributed by atoms with E-state index in [0.717, 1.165) is 39.3 Å². The summed E-state index contributed by atoms with van der Waals surface area (Å²) in [6, 6.07) is 8.57. The molecule has 2 heterocycles. The van der Waals surface area contributed by atoms with E-state index in [2.05, 4.69) is 34.4 Å². The van der Waals surface area contributed by atoms with Gasteiger partial charge in [-0.05, 0) is 18.7 Å². The molecule has 0 amide bonds. The number of alkyl halides is 1. The SMILES string of the molecule is CCSCC(C)n1c(CCl)nc2cnc3ccccc3c21. The number of rotatable bonds is 5. The van der Waals surface area contributed by atoms with Gasteiger partial charge in [0.05, 0.1) is 23.1 Å². The van der Waals surface area contributed by atoms with Crippen LogP contribution >= 0.6 is 23.4 Å². The lowest BCUT2D eigenvalue weighted by molar-refractivity contribution is 0.607. The number of pyridine rings is 1. The lowest BCUT2D eigenvalue weighted by Crippen LogP contribution is -2.11. The molecular formula is C16H18ClN3S. The first-order valence-electron chi connectivity index (χ1n) is 7.14. The average Bonchev–Trinajstić information content (AvgIpc) is 2.91. The molecule has 21 heavy (non-hydrogen) atoms. The number of para-hydroxylation sites is 1. The fraction of sp³-hybridized carbons (Fsp3) is 0.375. The molecule has 1 unspecified atom stereocenters. The zero-order valence-corrected chi connectivity index (χ0v) is 13.8. The molecule has 2 aromatic heterocycles. The minimum atomic E-state index is 0.361. The Bertz CT molecular complexity index is 769. The maximum atomic E-state index is 6.12. The van der Waals surface area contributed by atoms with E-state index >= 15 is 0 Å². The molecule has 0 radical (unpaired) electrons. The normalized spacial score (nSPS) is 13.1. The highest BCUT2D eigenvalue weighted by atomic mass is 35.5. The second-order valence-electron chi connectivity index (χ2n) is 5.05. The summed E-state index contributed by atoms with van der Waals surface area (Å²) in [7, 11) is 0. The number of nitrogens with zero attached hydrogens (tertiary/aromatic N) is 3. The lowest BCUT2D eigenvalue weighted by atomic mass is 10.2. The summed E-state index contributed by atoms with van der Waals surface area (Å²) in [5.41, 5.74) is 3.08. The van der Waals surface area contributed by atoms with Gasteiger partial charge in [-0.3, -0.25) is 4.98 Å². The van der Waals surface area contributed by atoms with Gasteiger partial charge < -0.3 is 4.57 Å². The number of imidazole rings is 1. The Morgan fingerprint density at radius 2 is 2.10 bits per heavy atom. The quantitative estimate of drug-likeness (QED) is 0.642. The molecule has 1 atom stereocenters. The fourth-order valence-electron chi connectivity index (χ4n) is 2.71. The van der Waals surface area contributed by atoms with E-state index in [0.29, 0.717) is 11.9 Å². The van der Waals surface area contributed by atoms with Crippen molar-refractivity contribution in [1.82, 2.24) is 14.5 Å². The monoisotopic (exact) mass is 319 g/mol. The minimum Gasteiger partial charge on any atom is -0.323 e. The Morgan fingerprint density at radius 3 is 2.86 bits per heavy atom. The van der Waals surface area contributed by atoms with Crippen molar-refractivity contribution >= 4 is 45.3 Å². The van der Waals surface area contributed by atoms with Crippen molar-refractivity contribution in [3.63, 3.8) is 0 Å². The van der Waals surface area contributed by atoms with Crippen LogP contribution in [0.3, 0.4) is 0 Å². The summed E-state index contributed by atoms with van der Waals surface area (Å²) in [6.45, 7) is 4.42. The standard InChI is InChI=1S/C16H18ClN3S/c1-3-21-10-11(2)20-15(8-17)19-14-9-18-13-7-5-4-6-12(13)16(14)20/h4-7,9,11H,3,8,10H2,1-2H3. The molecule has 0 aliphatic rings. The van der Waals surface area contributed by atoms with E-state index in [1.54, 1.807) is 0 Å². The fourth-order valence-corrected chi connectivity index (χ4v) is 3.62. The Labute approximate surface area is 133 Å². The maximum Gasteiger partial charge on any atom is 0.125 e. The predicted molar refractivity (Wildman–Crippen MR) is 92.3 cm³/mol. The lowest BCUT2D eigenvalue weighted by Gasteiger charge is -2.17. The van der Waals surface area contributed by atoms with E-state index in [1.807, 2.05) is 36.2 Å². The van der Waals surface area contributed by atoms with Crippen LogP contribution in [0, 0.1) is 0 Å². The molecule has 0 aliphatic carbocycles. The van der Waals surface area contributed by atoms with Gasteiger partial charge in [0.2, 0.25) is 0 Å². The van der Waals surface area contributed by atoms with Crippen LogP contribution in [-0.2, 0) is 5.88 Å². The molecule has 3 aromatic rings. The summed E-state index contributed by atoms with van der Waals surface area (Å²) in [6.07, 6.45) is 1.85. The average molecular weight is 320 g/mol. The van der Waals surface area contributed by atoms with Crippen LogP contribution in [0.2, 0.25) is 0 Å². The molecule has 0 aliphatic heterocycles. The van der Waals surface area contributed by atoms with Gasteiger partial charge in [0.1, 0.15) is 11.3 Å². The van der Waals surface area contributed by atoms with E-state index in [-0.39, 0.29) is 0 Å². The third-order valence-electron chi connectivity index (χ3n) is 3.62. The molecule has 0 N–H and O–H groups in total. The van der Waals surface area contributed by atoms with Crippen molar-refractivity contribution in [2.45, 2.75) is 25.8 Å². The number of aromatic nitrogens is 3. The first-order valence-corrected chi connectivity index (χ1v) is 8.83. The van der Waals surface area contributed by atoms with Crippen molar-refractivity contribution in [1.29, 1.82) is 0 Å². The molecule has 0 saturated carbocycles. The van der Waals surface area contributed by atoms with Crippen molar-refractivity contribution < 1.29 is 0 Å². The molecule has 110 valence electrons. The highest BCUT2D eigenvalue weighted by Crippen LogP contribution is 2.29. The smallest absolute Gasteiger partial charge is 0.125 e. The largest absolute Gasteiger partial charge is 0.323 e. The topological polar surface area (TPSA) is 30.7 Å². The zero-order valence-electron chi connectivity index (χ0n) is 12.2. The zero-order chi connectivity index (χ0) is 14.8. The van der Waals surface area contributed by atoms with Gasteiger partial charge >= 0.3 is 0 Å². The second kappa shape index (κ2) is 6.24. The Balaban J connectivity index is 2.26. The number of benzene rings is 1. The summed E-state index contributed by atoms with van der Waals surface area (Å²) in [4.78, 5) is 9.17. The highest BCUT2D eigenvalue weighted by Gasteiger charge is 2.17. The van der Waals surface area contributed by atoms with Gasteiger partial charge in [0.15, 0.2) is 0 Å². The molecule has 0 bridgehead atoms. The van der Waals surface area contributed by atoms with Crippen LogP contribution in [0.15, 0.2) is 30.5 Å². The van der Waals surface area contributed by atoms with Gasteiger partial charge in [-0.2, -0.15) is 11.8 Å². The third kappa shape index (κ3) is 2.62. The van der Waals surface area contributed by atoms with Gasteiger partial charge in [-0.1, -0.05) is 25.1 Å². The minimum absolute atomic E-state index is 0.361. The molecule has 0 saturated heterocycles. The Morgan fingerprint density at radius 1 is 1.29 bits per heavy atom. The Kier molecular flexibility index (Phi) is 4.36. The number of thioether (sulfide) groups is 1. The number of hydrogen-bond donors (Lipinski definition) is 0. The first kappa shape index (κ1) is 14.7. The highest BCUT2D eigenvalue weighted by molar-refractivity contribution is 7.99. The van der Waals surface area contributed by atoms with Gasteiger partial charge in [0, 0.05) is 17.2 Å². The van der Waals surface area contributed by atoms with Gasteiger partial charge in [-0.15, -0.1) is 11.6 Å². The Hall–Kier alpha value is -1.26. The third-order valence-corrected chi connectivity index (χ3v) is 4.99. The number of halogens is 1. The number of hydrogen-bond acceptors (Lipinski definition) is 3. The van der Waals surface area contributed by atoms with E-state index in [9.17, 15) is 0 Å². The summed E-state index contributed by atoms with van der Waals surface area (Å²) in [5, 5.41) is 1.15.